The maximum absolute atomic E-state index is 12.9. The predicted molar refractivity (Wildman–Crippen MR) is 127 cm³/mol. The highest BCUT2D eigenvalue weighted by Gasteiger charge is 2.46. The fourth-order valence-electron chi connectivity index (χ4n) is 3.90. The van der Waals surface area contributed by atoms with E-state index in [-0.39, 0.29) is 27.1 Å². The van der Waals surface area contributed by atoms with Gasteiger partial charge in [-0.15, -0.1) is 0 Å². The Morgan fingerprint density at radius 1 is 1.31 bits per heavy atom. The van der Waals surface area contributed by atoms with Crippen LogP contribution in [-0.2, 0) is 0 Å². The second-order valence-electron chi connectivity index (χ2n) is 9.00. The average molecular weight is 500 g/mol. The molecule has 2 saturated carbocycles. The highest BCUT2D eigenvalue weighted by molar-refractivity contribution is 8.26. The molecule has 12 heteroatoms. The summed E-state index contributed by atoms with van der Waals surface area (Å²) in [5.41, 5.74) is 1.87. The number of fused-ring (bicyclic) bond motifs is 1. The van der Waals surface area contributed by atoms with Crippen LogP contribution in [0.25, 0.3) is 5.52 Å². The molecular weight excluding hydrogens is 476 g/mol. The fraction of sp³-hybridized carbons (Fsp3) is 0.550. The van der Waals surface area contributed by atoms with Gasteiger partial charge in [-0.25, -0.2) is 13.8 Å². The smallest absolute Gasteiger partial charge is 0.285 e. The van der Waals surface area contributed by atoms with Gasteiger partial charge >= 0.3 is 0 Å². The molecule has 2 aliphatic carbocycles. The minimum Gasteiger partial charge on any atom is -0.367 e. The lowest BCUT2D eigenvalue weighted by molar-refractivity contribution is 0.228. The Balaban J connectivity index is 1.55. The number of aromatic nitrogens is 2. The van der Waals surface area contributed by atoms with Crippen LogP contribution in [0.2, 0.25) is 5.15 Å². The lowest BCUT2D eigenvalue weighted by atomic mass is 10.1. The highest BCUT2D eigenvalue weighted by atomic mass is 35.5. The molecule has 1 spiro atoms. The third-order valence-electron chi connectivity index (χ3n) is 6.24. The van der Waals surface area contributed by atoms with Crippen molar-refractivity contribution < 1.29 is 8.78 Å². The Kier molecular flexibility index (Phi) is 5.68. The van der Waals surface area contributed by atoms with Gasteiger partial charge in [0.2, 0.25) is 0 Å². The van der Waals surface area contributed by atoms with E-state index in [0.29, 0.717) is 17.3 Å². The lowest BCUT2D eigenvalue weighted by Gasteiger charge is -2.36. The Hall–Kier alpha value is -1.40. The number of piperazine rings is 1. The van der Waals surface area contributed by atoms with Crippen molar-refractivity contribution in [1.29, 1.82) is 10.8 Å². The number of alkyl halides is 2. The third-order valence-corrected chi connectivity index (χ3v) is 8.35. The number of halogens is 3. The van der Waals surface area contributed by atoms with E-state index in [9.17, 15) is 8.78 Å². The molecule has 3 aliphatic rings. The van der Waals surface area contributed by atoms with Crippen LogP contribution >= 0.6 is 35.3 Å². The summed E-state index contributed by atoms with van der Waals surface area (Å²) in [4.78, 5) is 7.58. The van der Waals surface area contributed by atoms with Gasteiger partial charge in [0.15, 0.2) is 11.0 Å². The zero-order chi connectivity index (χ0) is 22.7. The monoisotopic (exact) mass is 499 g/mol. The Morgan fingerprint density at radius 3 is 2.72 bits per heavy atom. The number of nitrogens with zero attached hydrogens (tertiary/aromatic N) is 3. The molecule has 2 aromatic rings. The minimum absolute atomic E-state index is 0.122. The van der Waals surface area contributed by atoms with Crippen LogP contribution in [0.4, 0.5) is 14.5 Å². The molecule has 1 saturated heterocycles. The van der Waals surface area contributed by atoms with Gasteiger partial charge in [0.25, 0.3) is 6.43 Å². The predicted octanol–water partition coefficient (Wildman–Crippen LogP) is 4.38. The second kappa shape index (κ2) is 8.12. The molecule has 0 radical (unpaired) electrons. The Bertz CT molecular complexity index is 1100. The normalized spacial score (nSPS) is 20.8. The third kappa shape index (κ3) is 4.37. The number of anilines is 1. The molecule has 0 amide bonds. The molecular formula is C20H24ClF2N7S2. The second-order valence-corrected chi connectivity index (χ2v) is 11.3. The van der Waals surface area contributed by atoms with E-state index in [1.54, 1.807) is 4.40 Å². The average Bonchev–Trinajstić information content (AvgIpc) is 3.66. The van der Waals surface area contributed by atoms with E-state index in [2.05, 4.69) is 32.9 Å². The maximum atomic E-state index is 12.9. The number of hydrogen-bond donors (Lipinski definition) is 4. The molecule has 3 fully saturated rings. The van der Waals surface area contributed by atoms with Gasteiger partial charge in [0.05, 0.1) is 5.69 Å². The molecule has 1 aliphatic heterocycles. The molecule has 2 aromatic heterocycles. The van der Waals surface area contributed by atoms with Crippen molar-refractivity contribution in [2.24, 2.45) is 0 Å². The number of rotatable bonds is 6. The van der Waals surface area contributed by atoms with E-state index in [1.165, 1.54) is 11.9 Å². The van der Waals surface area contributed by atoms with Crippen molar-refractivity contribution in [1.82, 2.24) is 19.4 Å². The standard InChI is InChI=1S/C20H24ClF2N7S2/c1-19(2-3-19)28-32-11-8-12(29-7-6-26-20(10-29)4-5-20)13-14(21)27-18(30(13)9-11)17(25)31-16(24)15(22)23/h8-9,15,24-26,28H,2-7,10H2,1H3. The summed E-state index contributed by atoms with van der Waals surface area (Å²) in [5, 5.41) is 18.5. The molecule has 172 valence electrons. The van der Waals surface area contributed by atoms with Gasteiger partial charge in [-0.3, -0.25) is 19.9 Å². The zero-order valence-electron chi connectivity index (χ0n) is 17.5. The maximum Gasteiger partial charge on any atom is 0.285 e. The van der Waals surface area contributed by atoms with E-state index < -0.39 is 11.5 Å². The molecule has 0 unspecified atom stereocenters. The van der Waals surface area contributed by atoms with Crippen LogP contribution in [0.5, 0.6) is 0 Å². The summed E-state index contributed by atoms with van der Waals surface area (Å²) in [5.74, 6) is 0.165. The summed E-state index contributed by atoms with van der Waals surface area (Å²) in [6.45, 7) is 4.72. The molecule has 32 heavy (non-hydrogen) atoms. The van der Waals surface area contributed by atoms with E-state index in [4.69, 9.17) is 22.4 Å². The summed E-state index contributed by atoms with van der Waals surface area (Å²) in [6, 6.07) is 2.09. The van der Waals surface area contributed by atoms with Crippen LogP contribution in [0.3, 0.4) is 0 Å². The molecule has 0 aromatic carbocycles. The molecule has 0 bridgehead atoms. The van der Waals surface area contributed by atoms with Crippen LogP contribution in [0.15, 0.2) is 17.2 Å². The van der Waals surface area contributed by atoms with Crippen LogP contribution in [-0.4, -0.2) is 56.6 Å². The van der Waals surface area contributed by atoms with Gasteiger partial charge < -0.3 is 10.2 Å². The highest BCUT2D eigenvalue weighted by Crippen LogP contribution is 2.42. The number of imidazole rings is 1. The van der Waals surface area contributed by atoms with Gasteiger partial charge in [-0.2, -0.15) is 0 Å². The number of nitrogens with one attached hydrogen (secondary N) is 4. The number of pyridine rings is 1. The summed E-state index contributed by atoms with van der Waals surface area (Å²) in [6.07, 6.45) is 3.44. The Labute approximate surface area is 198 Å². The van der Waals surface area contributed by atoms with Crippen LogP contribution in [0, 0.1) is 10.8 Å². The van der Waals surface area contributed by atoms with E-state index >= 15 is 0 Å². The first-order chi connectivity index (χ1) is 15.2. The SMILES string of the molecule is CC1(NSc2cc(N3CCNC4(CC4)C3)c3c(Cl)nc(C(=N)SC(=N)C(F)F)n3c2)CC1. The summed E-state index contributed by atoms with van der Waals surface area (Å²) >= 11 is 8.47. The molecule has 5 rings (SSSR count). The van der Waals surface area contributed by atoms with E-state index in [0.717, 1.165) is 55.9 Å². The van der Waals surface area contributed by atoms with Gasteiger partial charge in [0.1, 0.15) is 15.6 Å². The summed E-state index contributed by atoms with van der Waals surface area (Å²) in [7, 11) is 0. The largest absolute Gasteiger partial charge is 0.367 e. The van der Waals surface area contributed by atoms with Gasteiger partial charge in [0, 0.05) is 41.8 Å². The first-order valence-corrected chi connectivity index (χ1v) is 12.5. The Morgan fingerprint density at radius 2 is 2.06 bits per heavy atom. The van der Waals surface area contributed by atoms with Crippen LogP contribution < -0.4 is 14.9 Å². The minimum atomic E-state index is -2.93. The topological polar surface area (TPSA) is 92.3 Å². The molecule has 3 heterocycles. The number of thioether (sulfide) groups is 1. The summed E-state index contributed by atoms with van der Waals surface area (Å²) < 4.78 is 31.0. The zero-order valence-corrected chi connectivity index (χ0v) is 19.9. The van der Waals surface area contributed by atoms with Crippen molar-refractivity contribution in [3.8, 4) is 0 Å². The van der Waals surface area contributed by atoms with Crippen molar-refractivity contribution >= 4 is 56.6 Å². The molecule has 0 atom stereocenters. The van der Waals surface area contributed by atoms with Gasteiger partial charge in [-0.05, 0) is 62.4 Å². The van der Waals surface area contributed by atoms with Crippen molar-refractivity contribution in [2.75, 3.05) is 24.5 Å². The number of hydrogen-bond acceptors (Lipinski definition) is 8. The molecule has 7 nitrogen and oxygen atoms in total. The van der Waals surface area contributed by atoms with Crippen LogP contribution in [0.1, 0.15) is 38.4 Å². The van der Waals surface area contributed by atoms with Crippen molar-refractivity contribution in [3.63, 3.8) is 0 Å². The lowest BCUT2D eigenvalue weighted by Crippen LogP contribution is -2.52. The van der Waals surface area contributed by atoms with Crippen molar-refractivity contribution in [2.45, 2.75) is 55.0 Å². The fourth-order valence-corrected chi connectivity index (χ4v) is 5.61. The molecule has 4 N–H and O–H groups in total. The van der Waals surface area contributed by atoms with E-state index in [1.807, 2.05) is 6.20 Å². The van der Waals surface area contributed by atoms with Gasteiger partial charge in [-0.1, -0.05) is 11.6 Å². The first kappa shape index (κ1) is 22.4. The van der Waals surface area contributed by atoms with Crippen molar-refractivity contribution in [3.05, 3.63) is 23.2 Å². The first-order valence-electron chi connectivity index (χ1n) is 10.5. The quantitative estimate of drug-likeness (QED) is 0.268.